The van der Waals surface area contributed by atoms with E-state index in [2.05, 4.69) is 40.5 Å². The van der Waals surface area contributed by atoms with Crippen molar-refractivity contribution < 1.29 is 23.5 Å². The number of unbranched alkanes of at least 4 members (excludes halogenated alkanes) is 3. The molecule has 2 heterocycles. The third-order valence-electron chi connectivity index (χ3n) is 5.29. The highest BCUT2D eigenvalue weighted by Gasteiger charge is 2.38. The number of hydrogen-bond acceptors (Lipinski definition) is 8. The highest BCUT2D eigenvalue weighted by Crippen LogP contribution is 2.33. The average Bonchev–Trinajstić information content (AvgIpc) is 3.23. The molecular weight excluding hydrogens is 446 g/mol. The molecule has 2 rings (SSSR count). The number of likely N-dealkylation sites (N-methyl/N-ethyl adjacent to an activating group) is 1. The van der Waals surface area contributed by atoms with Crippen molar-refractivity contribution in [1.82, 2.24) is 8.75 Å². The maximum atomic E-state index is 12.1. The second-order valence-corrected chi connectivity index (χ2v) is 9.89. The van der Waals surface area contributed by atoms with Gasteiger partial charge in [-0.15, -0.1) is 4.37 Å². The highest BCUT2D eigenvalue weighted by atomic mass is 32.2. The minimum absolute atomic E-state index is 0.139. The standard InChI is InChI=1S/C21H36N3O3S2.C2H6O/c1-5-8-9-10-15-26-20-19(22-29-23-20)17-13-11-14-24(4,16-17)18(12-6-2)27-21(25)28-7-3;1-3-2/h13,18H,5-12,14-16H2,1-4H3;1-2H3/q+1;. The number of carbonyl (C=O) groups excluding carboxylic acids is 1. The number of hydrogen-bond donors (Lipinski definition) is 0. The summed E-state index contributed by atoms with van der Waals surface area (Å²) in [5, 5.41) is -0.173. The summed E-state index contributed by atoms with van der Waals surface area (Å²) in [5.74, 6) is 1.38. The molecule has 1 aromatic rings. The van der Waals surface area contributed by atoms with E-state index in [0.29, 0.717) is 17.0 Å². The van der Waals surface area contributed by atoms with Gasteiger partial charge in [-0.1, -0.05) is 46.1 Å². The van der Waals surface area contributed by atoms with Gasteiger partial charge in [-0.3, -0.25) is 4.48 Å². The van der Waals surface area contributed by atoms with Crippen LogP contribution in [0, 0.1) is 0 Å². The van der Waals surface area contributed by atoms with Gasteiger partial charge in [0.2, 0.25) is 6.23 Å². The van der Waals surface area contributed by atoms with E-state index < -0.39 is 0 Å². The predicted octanol–water partition coefficient (Wildman–Crippen LogP) is 6.01. The van der Waals surface area contributed by atoms with Crippen LogP contribution >= 0.6 is 23.5 Å². The molecule has 184 valence electrons. The number of rotatable bonds is 12. The molecule has 2 unspecified atom stereocenters. The molecule has 2 atom stereocenters. The van der Waals surface area contributed by atoms with Crippen LogP contribution in [0.25, 0.3) is 5.57 Å². The molecular formula is C23H42N3O4S2+. The Labute approximate surface area is 202 Å². The summed E-state index contributed by atoms with van der Waals surface area (Å²) in [4.78, 5) is 12.1. The summed E-state index contributed by atoms with van der Waals surface area (Å²) < 4.78 is 25.7. The lowest BCUT2D eigenvalue weighted by molar-refractivity contribution is -0.946. The molecule has 0 bridgehead atoms. The van der Waals surface area contributed by atoms with Gasteiger partial charge in [-0.05, 0) is 24.6 Å². The zero-order valence-corrected chi connectivity index (χ0v) is 22.4. The second-order valence-electron chi connectivity index (χ2n) is 8.16. The fourth-order valence-electron chi connectivity index (χ4n) is 3.66. The molecule has 0 saturated heterocycles. The fourth-order valence-corrected chi connectivity index (χ4v) is 4.61. The molecule has 1 aromatic heterocycles. The van der Waals surface area contributed by atoms with E-state index in [0.717, 1.165) is 55.8 Å². The lowest BCUT2D eigenvalue weighted by Crippen LogP contribution is -2.56. The van der Waals surface area contributed by atoms with Crippen LogP contribution in [0.4, 0.5) is 4.79 Å². The van der Waals surface area contributed by atoms with Gasteiger partial charge < -0.3 is 14.2 Å². The predicted molar refractivity (Wildman–Crippen MR) is 134 cm³/mol. The zero-order chi connectivity index (χ0) is 23.8. The smallest absolute Gasteiger partial charge is 0.371 e. The van der Waals surface area contributed by atoms with Gasteiger partial charge in [-0.2, -0.15) is 4.37 Å². The molecule has 0 N–H and O–H groups in total. The van der Waals surface area contributed by atoms with Gasteiger partial charge in [0.1, 0.15) is 12.2 Å². The second kappa shape index (κ2) is 16.5. The van der Waals surface area contributed by atoms with Crippen LogP contribution in [0.1, 0.15) is 71.4 Å². The largest absolute Gasteiger partial charge is 0.475 e. The number of ether oxygens (including phenoxy) is 3. The van der Waals surface area contributed by atoms with Crippen molar-refractivity contribution in [3.63, 3.8) is 0 Å². The van der Waals surface area contributed by atoms with Gasteiger partial charge in [0.25, 0.3) is 5.88 Å². The van der Waals surface area contributed by atoms with Gasteiger partial charge in [0.15, 0.2) is 0 Å². The Morgan fingerprint density at radius 2 is 1.94 bits per heavy atom. The lowest BCUT2D eigenvalue weighted by atomic mass is 10.0. The lowest BCUT2D eigenvalue weighted by Gasteiger charge is -2.42. The van der Waals surface area contributed by atoms with Gasteiger partial charge >= 0.3 is 5.30 Å². The summed E-state index contributed by atoms with van der Waals surface area (Å²) in [6, 6.07) is 0. The minimum atomic E-state index is -0.173. The van der Waals surface area contributed by atoms with E-state index in [4.69, 9.17) is 9.47 Å². The molecule has 0 aliphatic carbocycles. The van der Waals surface area contributed by atoms with Crippen LogP contribution < -0.4 is 4.74 Å². The van der Waals surface area contributed by atoms with Crippen LogP contribution in [0.15, 0.2) is 6.08 Å². The topological polar surface area (TPSA) is 70.5 Å². The Balaban J connectivity index is 0.00000161. The number of methoxy groups -OCH3 is 1. The van der Waals surface area contributed by atoms with E-state index in [1.165, 1.54) is 42.8 Å². The SMILES string of the molecule is CCCCCCOc1nsnc1C1=CCC[N+](C)(C(CCC)OC(=O)SCC)C1.COC. The number of nitrogens with zero attached hydrogens (tertiary/aromatic N) is 3. The maximum Gasteiger partial charge on any atom is 0.371 e. The van der Waals surface area contributed by atoms with E-state index in [-0.39, 0.29) is 11.5 Å². The van der Waals surface area contributed by atoms with E-state index in [9.17, 15) is 4.79 Å². The Hall–Kier alpha value is -1.16. The summed E-state index contributed by atoms with van der Waals surface area (Å²) in [7, 11) is 5.43. The zero-order valence-electron chi connectivity index (χ0n) is 20.7. The van der Waals surface area contributed by atoms with Gasteiger partial charge in [0, 0.05) is 38.4 Å². The molecule has 0 saturated carbocycles. The number of aromatic nitrogens is 2. The number of quaternary nitrogens is 1. The Kier molecular flexibility index (Phi) is 14.8. The highest BCUT2D eigenvalue weighted by molar-refractivity contribution is 8.13. The number of thioether (sulfide) groups is 1. The molecule has 1 aliphatic rings. The summed E-state index contributed by atoms with van der Waals surface area (Å²) in [6.07, 6.45) is 9.54. The van der Waals surface area contributed by atoms with Gasteiger partial charge in [-0.25, -0.2) is 4.79 Å². The Morgan fingerprint density at radius 3 is 2.59 bits per heavy atom. The first-order valence-corrected chi connectivity index (χ1v) is 13.4. The minimum Gasteiger partial charge on any atom is -0.475 e. The van der Waals surface area contributed by atoms with Crippen molar-refractivity contribution in [2.45, 2.75) is 71.9 Å². The number of carbonyl (C=O) groups is 1. The molecule has 7 nitrogen and oxygen atoms in total. The maximum absolute atomic E-state index is 12.1. The van der Waals surface area contributed by atoms with Crippen molar-refractivity contribution in [1.29, 1.82) is 0 Å². The van der Waals surface area contributed by atoms with E-state index >= 15 is 0 Å². The first-order valence-electron chi connectivity index (χ1n) is 11.7. The summed E-state index contributed by atoms with van der Waals surface area (Å²) in [5.41, 5.74) is 2.01. The Morgan fingerprint density at radius 1 is 1.19 bits per heavy atom. The molecule has 0 amide bonds. The van der Waals surface area contributed by atoms with Crippen molar-refractivity contribution >= 4 is 34.4 Å². The first-order chi connectivity index (χ1) is 15.4. The normalized spacial score (nSPS) is 18.9. The van der Waals surface area contributed by atoms with Gasteiger partial charge in [0.05, 0.1) is 31.9 Å². The Bertz CT molecular complexity index is 684. The molecule has 0 fully saturated rings. The monoisotopic (exact) mass is 488 g/mol. The average molecular weight is 489 g/mol. The third-order valence-corrected chi connectivity index (χ3v) is 6.42. The molecule has 1 aliphatic heterocycles. The fraction of sp³-hybridized carbons (Fsp3) is 0.783. The van der Waals surface area contributed by atoms with E-state index in [1.54, 1.807) is 14.2 Å². The van der Waals surface area contributed by atoms with Crippen molar-refractivity contribution in [3.8, 4) is 5.88 Å². The van der Waals surface area contributed by atoms with Crippen molar-refractivity contribution in [2.75, 3.05) is 46.7 Å². The molecule has 0 aromatic carbocycles. The molecule has 0 spiro atoms. The molecule has 32 heavy (non-hydrogen) atoms. The van der Waals surface area contributed by atoms with Crippen LogP contribution in [0.2, 0.25) is 0 Å². The van der Waals surface area contributed by atoms with Crippen molar-refractivity contribution in [2.24, 2.45) is 0 Å². The molecule has 0 radical (unpaired) electrons. The van der Waals surface area contributed by atoms with Crippen LogP contribution in [-0.4, -0.2) is 71.5 Å². The molecule has 9 heteroatoms. The van der Waals surface area contributed by atoms with Crippen molar-refractivity contribution in [3.05, 3.63) is 11.8 Å². The third kappa shape index (κ3) is 9.77. The van der Waals surface area contributed by atoms with E-state index in [1.807, 2.05) is 6.92 Å². The summed E-state index contributed by atoms with van der Waals surface area (Å²) in [6.45, 7) is 8.71. The van der Waals surface area contributed by atoms with Crippen LogP contribution in [0.5, 0.6) is 5.88 Å². The quantitative estimate of drug-likeness (QED) is 0.203. The summed E-state index contributed by atoms with van der Waals surface area (Å²) >= 11 is 2.44. The van der Waals surface area contributed by atoms with Crippen LogP contribution in [0.3, 0.4) is 0 Å². The van der Waals surface area contributed by atoms with Crippen LogP contribution in [-0.2, 0) is 9.47 Å². The first kappa shape index (κ1) is 28.9.